The van der Waals surface area contributed by atoms with E-state index in [1.165, 1.54) is 0 Å². The van der Waals surface area contributed by atoms with Crippen molar-refractivity contribution in [3.05, 3.63) is 53.1 Å². The summed E-state index contributed by atoms with van der Waals surface area (Å²) in [5, 5.41) is 0. The first-order chi connectivity index (χ1) is 15.6. The van der Waals surface area contributed by atoms with Crippen molar-refractivity contribution in [1.29, 1.82) is 0 Å². The Morgan fingerprint density at radius 1 is 1.19 bits per heavy atom. The number of hydrogen-bond acceptors (Lipinski definition) is 6. The average Bonchev–Trinajstić information content (AvgIpc) is 3.33. The summed E-state index contributed by atoms with van der Waals surface area (Å²) in [7, 11) is 1.64. The standard InChI is InChI=1S/C24H30N4O4/c1-17-19(24(30)27-12-14-32-15-13-27)16-25-23(26-17)20-7-5-11-28(20)22(29)10-9-18-6-3-4-8-21(18)31-2/h3-4,6,8,16,20H,5,7,9-15H2,1-2H3/t20-/m0/s1. The molecule has 32 heavy (non-hydrogen) atoms. The Morgan fingerprint density at radius 2 is 1.97 bits per heavy atom. The molecule has 2 fully saturated rings. The average molecular weight is 439 g/mol. The molecule has 1 atom stereocenters. The number of morpholine rings is 1. The Bertz CT molecular complexity index is 974. The van der Waals surface area contributed by atoms with E-state index in [0.717, 1.165) is 24.2 Å². The van der Waals surface area contributed by atoms with Crippen molar-refractivity contribution in [2.45, 2.75) is 38.6 Å². The van der Waals surface area contributed by atoms with Gasteiger partial charge in [0.15, 0.2) is 5.82 Å². The van der Waals surface area contributed by atoms with Crippen LogP contribution in [0.5, 0.6) is 5.75 Å². The number of para-hydroxylation sites is 1. The minimum atomic E-state index is -0.147. The first kappa shape index (κ1) is 22.2. The van der Waals surface area contributed by atoms with Crippen LogP contribution in [-0.4, -0.2) is 71.5 Å². The van der Waals surface area contributed by atoms with Gasteiger partial charge in [-0.15, -0.1) is 0 Å². The summed E-state index contributed by atoms with van der Waals surface area (Å²) in [6.07, 6.45) is 4.40. The molecule has 3 heterocycles. The molecule has 1 aromatic heterocycles. The molecule has 8 heteroatoms. The Morgan fingerprint density at radius 3 is 2.72 bits per heavy atom. The maximum absolute atomic E-state index is 13.0. The normalized spacial score (nSPS) is 18.6. The molecule has 0 spiro atoms. The van der Waals surface area contributed by atoms with E-state index in [2.05, 4.69) is 9.97 Å². The summed E-state index contributed by atoms with van der Waals surface area (Å²) in [6.45, 7) is 4.80. The second-order valence-electron chi connectivity index (χ2n) is 8.19. The van der Waals surface area contributed by atoms with Gasteiger partial charge in [0.25, 0.3) is 5.91 Å². The Balaban J connectivity index is 1.44. The molecule has 0 radical (unpaired) electrons. The zero-order valence-corrected chi connectivity index (χ0v) is 18.7. The molecule has 2 aliphatic heterocycles. The highest BCUT2D eigenvalue weighted by Gasteiger charge is 2.32. The van der Waals surface area contributed by atoms with Crippen molar-refractivity contribution in [3.63, 3.8) is 0 Å². The number of carbonyl (C=O) groups is 2. The topological polar surface area (TPSA) is 84.9 Å². The third-order valence-corrected chi connectivity index (χ3v) is 6.20. The van der Waals surface area contributed by atoms with Gasteiger partial charge in [0.2, 0.25) is 5.91 Å². The number of likely N-dealkylation sites (tertiary alicyclic amines) is 1. The highest BCUT2D eigenvalue weighted by molar-refractivity contribution is 5.95. The lowest BCUT2D eigenvalue weighted by atomic mass is 10.1. The van der Waals surface area contributed by atoms with Gasteiger partial charge in [0.05, 0.1) is 37.6 Å². The fourth-order valence-electron chi connectivity index (χ4n) is 4.42. The number of methoxy groups -OCH3 is 1. The van der Waals surface area contributed by atoms with Gasteiger partial charge in [-0.25, -0.2) is 9.97 Å². The van der Waals surface area contributed by atoms with E-state index < -0.39 is 0 Å². The minimum absolute atomic E-state index is 0.0616. The Labute approximate surface area is 188 Å². The number of amides is 2. The molecule has 2 aliphatic rings. The number of hydrogen-bond donors (Lipinski definition) is 0. The van der Waals surface area contributed by atoms with Crippen LogP contribution in [0.1, 0.15) is 52.7 Å². The van der Waals surface area contributed by atoms with Gasteiger partial charge in [0.1, 0.15) is 5.75 Å². The quantitative estimate of drug-likeness (QED) is 0.689. The summed E-state index contributed by atoms with van der Waals surface area (Å²) in [5.74, 6) is 1.45. The SMILES string of the molecule is COc1ccccc1CCC(=O)N1CCC[C@H]1c1ncc(C(=O)N2CCOCC2)c(C)n1. The second kappa shape index (κ2) is 10.1. The van der Waals surface area contributed by atoms with Crippen LogP contribution >= 0.6 is 0 Å². The summed E-state index contributed by atoms with van der Waals surface area (Å²) < 4.78 is 10.7. The molecule has 2 amide bonds. The maximum Gasteiger partial charge on any atom is 0.257 e. The maximum atomic E-state index is 13.0. The van der Waals surface area contributed by atoms with E-state index in [0.29, 0.717) is 62.8 Å². The molecule has 2 saturated heterocycles. The molecule has 4 rings (SSSR count). The molecule has 0 saturated carbocycles. The lowest BCUT2D eigenvalue weighted by Gasteiger charge is -2.27. The summed E-state index contributed by atoms with van der Waals surface area (Å²) in [5.41, 5.74) is 2.19. The molecule has 0 unspecified atom stereocenters. The van der Waals surface area contributed by atoms with E-state index in [-0.39, 0.29) is 17.9 Å². The molecule has 2 aromatic rings. The fraction of sp³-hybridized carbons (Fsp3) is 0.500. The van der Waals surface area contributed by atoms with E-state index in [1.54, 1.807) is 18.2 Å². The Kier molecular flexibility index (Phi) is 6.99. The van der Waals surface area contributed by atoms with Gasteiger partial charge >= 0.3 is 0 Å². The van der Waals surface area contributed by atoms with E-state index >= 15 is 0 Å². The van der Waals surface area contributed by atoms with E-state index in [1.807, 2.05) is 36.1 Å². The first-order valence-corrected chi connectivity index (χ1v) is 11.2. The number of aromatic nitrogens is 2. The molecular formula is C24H30N4O4. The van der Waals surface area contributed by atoms with Crippen molar-refractivity contribution in [3.8, 4) is 5.75 Å². The number of nitrogens with zero attached hydrogens (tertiary/aromatic N) is 4. The third kappa shape index (κ3) is 4.75. The molecule has 170 valence electrons. The largest absolute Gasteiger partial charge is 0.496 e. The molecule has 0 N–H and O–H groups in total. The number of ether oxygens (including phenoxy) is 2. The molecule has 8 nitrogen and oxygen atoms in total. The molecule has 0 aliphatic carbocycles. The predicted octanol–water partition coefficient (Wildman–Crippen LogP) is 2.56. The molecular weight excluding hydrogens is 408 g/mol. The van der Waals surface area contributed by atoms with E-state index in [9.17, 15) is 9.59 Å². The minimum Gasteiger partial charge on any atom is -0.496 e. The van der Waals surface area contributed by atoms with Crippen LogP contribution < -0.4 is 4.74 Å². The van der Waals surface area contributed by atoms with Gasteiger partial charge in [0, 0.05) is 32.3 Å². The van der Waals surface area contributed by atoms with Gasteiger partial charge in [-0.3, -0.25) is 9.59 Å². The van der Waals surface area contributed by atoms with Crippen LogP contribution in [0.3, 0.4) is 0 Å². The van der Waals surface area contributed by atoms with Crippen LogP contribution in [0.25, 0.3) is 0 Å². The highest BCUT2D eigenvalue weighted by Crippen LogP contribution is 2.31. The number of benzene rings is 1. The van der Waals surface area contributed by atoms with Crippen molar-refractivity contribution in [2.75, 3.05) is 40.0 Å². The third-order valence-electron chi connectivity index (χ3n) is 6.20. The van der Waals surface area contributed by atoms with Crippen molar-refractivity contribution >= 4 is 11.8 Å². The van der Waals surface area contributed by atoms with Gasteiger partial charge < -0.3 is 19.3 Å². The lowest BCUT2D eigenvalue weighted by Crippen LogP contribution is -2.41. The molecule has 0 bridgehead atoms. The van der Waals surface area contributed by atoms with Gasteiger partial charge in [-0.05, 0) is 37.8 Å². The summed E-state index contributed by atoms with van der Waals surface area (Å²) in [6, 6.07) is 7.64. The number of carbonyl (C=O) groups excluding carboxylic acids is 2. The lowest BCUT2D eigenvalue weighted by molar-refractivity contribution is -0.132. The van der Waals surface area contributed by atoms with Gasteiger partial charge in [-0.2, -0.15) is 0 Å². The van der Waals surface area contributed by atoms with Crippen LogP contribution in [0.2, 0.25) is 0 Å². The van der Waals surface area contributed by atoms with Crippen molar-refractivity contribution in [1.82, 2.24) is 19.8 Å². The van der Waals surface area contributed by atoms with Gasteiger partial charge in [-0.1, -0.05) is 18.2 Å². The van der Waals surface area contributed by atoms with Crippen LogP contribution in [0.15, 0.2) is 30.5 Å². The zero-order valence-electron chi connectivity index (χ0n) is 18.7. The summed E-state index contributed by atoms with van der Waals surface area (Å²) >= 11 is 0. The molecule has 1 aromatic carbocycles. The second-order valence-corrected chi connectivity index (χ2v) is 8.19. The van der Waals surface area contributed by atoms with Crippen molar-refractivity contribution < 1.29 is 19.1 Å². The van der Waals surface area contributed by atoms with Crippen molar-refractivity contribution in [2.24, 2.45) is 0 Å². The number of rotatable bonds is 6. The van der Waals surface area contributed by atoms with Crippen LogP contribution in [0.4, 0.5) is 0 Å². The predicted molar refractivity (Wildman–Crippen MR) is 118 cm³/mol. The van der Waals surface area contributed by atoms with Crippen LogP contribution in [-0.2, 0) is 16.0 Å². The van der Waals surface area contributed by atoms with Crippen LogP contribution in [0, 0.1) is 6.92 Å². The number of aryl methyl sites for hydroxylation is 2. The highest BCUT2D eigenvalue weighted by atomic mass is 16.5. The van der Waals surface area contributed by atoms with E-state index in [4.69, 9.17) is 9.47 Å². The monoisotopic (exact) mass is 438 g/mol. The summed E-state index contributed by atoms with van der Waals surface area (Å²) in [4.78, 5) is 38.7. The zero-order chi connectivity index (χ0) is 22.5. The fourth-order valence-corrected chi connectivity index (χ4v) is 4.42. The first-order valence-electron chi connectivity index (χ1n) is 11.2. The smallest absolute Gasteiger partial charge is 0.257 e. The Hall–Kier alpha value is -3.00.